The normalized spacial score (nSPS) is 19.2. The van der Waals surface area contributed by atoms with E-state index in [1.54, 1.807) is 0 Å². The zero-order chi connectivity index (χ0) is 12.0. The molecule has 1 aromatic carbocycles. The van der Waals surface area contributed by atoms with Crippen LogP contribution in [0.25, 0.3) is 10.9 Å². The molecule has 1 atom stereocenters. The number of carbonyl (C=O) groups is 1. The average molecular weight is 229 g/mol. The molecule has 1 amide bonds. The van der Waals surface area contributed by atoms with Crippen LogP contribution in [0.15, 0.2) is 24.3 Å². The summed E-state index contributed by atoms with van der Waals surface area (Å²) in [5.41, 5.74) is 9.09. The first-order valence-electron chi connectivity index (χ1n) is 5.76. The molecule has 0 saturated heterocycles. The number of fused-ring (bicyclic) bond motifs is 3. The molecule has 0 fully saturated rings. The summed E-state index contributed by atoms with van der Waals surface area (Å²) in [6, 6.07) is 8.04. The summed E-state index contributed by atoms with van der Waals surface area (Å²) in [5, 5.41) is 4.42. The fourth-order valence-electron chi connectivity index (χ4n) is 2.67. The van der Waals surface area contributed by atoms with Gasteiger partial charge in [-0.25, -0.2) is 0 Å². The molecule has 1 aromatic heterocycles. The molecule has 17 heavy (non-hydrogen) atoms. The number of aryl methyl sites for hydroxylation is 1. The van der Waals surface area contributed by atoms with Crippen LogP contribution in [0.4, 0.5) is 0 Å². The van der Waals surface area contributed by atoms with Crippen LogP contribution < -0.4 is 11.1 Å². The van der Waals surface area contributed by atoms with Gasteiger partial charge in [-0.05, 0) is 18.1 Å². The number of nitrogens with two attached hydrogens (primary N) is 1. The highest BCUT2D eigenvalue weighted by molar-refractivity contribution is 5.88. The fraction of sp³-hybridized carbons (Fsp3) is 0.308. The predicted octanol–water partition coefficient (Wildman–Crippen LogP) is 0.678. The lowest BCUT2D eigenvalue weighted by molar-refractivity contribution is -0.120. The van der Waals surface area contributed by atoms with Crippen LogP contribution in [0, 0.1) is 0 Å². The molecule has 0 spiro atoms. The zero-order valence-electron chi connectivity index (χ0n) is 9.73. The van der Waals surface area contributed by atoms with Gasteiger partial charge in [-0.15, -0.1) is 0 Å². The molecule has 2 aromatic rings. The second-order valence-electron chi connectivity index (χ2n) is 4.54. The van der Waals surface area contributed by atoms with Crippen molar-refractivity contribution in [2.24, 2.45) is 12.8 Å². The molecule has 0 bridgehead atoms. The molecule has 0 saturated carbocycles. The molecular weight excluding hydrogens is 214 g/mol. The maximum Gasteiger partial charge on any atom is 0.234 e. The first kappa shape index (κ1) is 10.4. The summed E-state index contributed by atoms with van der Waals surface area (Å²) in [6.45, 7) is 0.702. The summed E-state index contributed by atoms with van der Waals surface area (Å²) >= 11 is 0. The summed E-state index contributed by atoms with van der Waals surface area (Å²) in [7, 11) is 2.06. The largest absolute Gasteiger partial charge is 0.368 e. The Morgan fingerprint density at radius 3 is 3.00 bits per heavy atom. The monoisotopic (exact) mass is 229 g/mol. The third kappa shape index (κ3) is 1.45. The van der Waals surface area contributed by atoms with Crippen molar-refractivity contribution in [2.75, 3.05) is 0 Å². The van der Waals surface area contributed by atoms with Crippen LogP contribution in [0.2, 0.25) is 0 Å². The highest BCUT2D eigenvalue weighted by Crippen LogP contribution is 2.28. The number of carbonyl (C=O) groups excluding carboxylic acids is 1. The number of amides is 1. The van der Waals surface area contributed by atoms with E-state index in [-0.39, 0.29) is 11.9 Å². The zero-order valence-corrected chi connectivity index (χ0v) is 9.73. The Balaban J connectivity index is 2.18. The molecule has 4 heteroatoms. The smallest absolute Gasteiger partial charge is 0.234 e. The summed E-state index contributed by atoms with van der Waals surface area (Å²) < 4.78 is 2.19. The molecule has 3 rings (SSSR count). The molecular formula is C13H15N3O. The number of hydrogen-bond acceptors (Lipinski definition) is 2. The molecule has 3 N–H and O–H groups in total. The van der Waals surface area contributed by atoms with Gasteiger partial charge in [0, 0.05) is 30.2 Å². The number of nitrogens with one attached hydrogen (secondary N) is 1. The van der Waals surface area contributed by atoms with Crippen LogP contribution in [-0.2, 0) is 24.8 Å². The maximum atomic E-state index is 11.3. The van der Waals surface area contributed by atoms with E-state index in [1.807, 2.05) is 12.1 Å². The Morgan fingerprint density at radius 2 is 2.24 bits per heavy atom. The van der Waals surface area contributed by atoms with E-state index >= 15 is 0 Å². The van der Waals surface area contributed by atoms with E-state index in [1.165, 1.54) is 22.2 Å². The third-order valence-corrected chi connectivity index (χ3v) is 3.61. The highest BCUT2D eigenvalue weighted by Gasteiger charge is 2.26. The van der Waals surface area contributed by atoms with Crippen LogP contribution in [0.3, 0.4) is 0 Å². The highest BCUT2D eigenvalue weighted by atomic mass is 16.1. The minimum atomic E-state index is -0.274. The Hall–Kier alpha value is -1.81. The van der Waals surface area contributed by atoms with Crippen molar-refractivity contribution < 1.29 is 4.79 Å². The lowest BCUT2D eigenvalue weighted by Crippen LogP contribution is -2.45. The van der Waals surface area contributed by atoms with Gasteiger partial charge in [0.25, 0.3) is 0 Å². The van der Waals surface area contributed by atoms with Crippen LogP contribution in [0.1, 0.15) is 11.3 Å². The van der Waals surface area contributed by atoms with Gasteiger partial charge in [0.15, 0.2) is 0 Å². The van der Waals surface area contributed by atoms with E-state index in [2.05, 4.69) is 29.1 Å². The van der Waals surface area contributed by atoms with Gasteiger partial charge in [-0.3, -0.25) is 10.1 Å². The number of benzene rings is 1. The first-order chi connectivity index (χ1) is 8.18. The number of primary amides is 1. The minimum Gasteiger partial charge on any atom is -0.368 e. The summed E-state index contributed by atoms with van der Waals surface area (Å²) in [4.78, 5) is 11.3. The number of aromatic nitrogens is 1. The minimum absolute atomic E-state index is 0.242. The van der Waals surface area contributed by atoms with Gasteiger partial charge < -0.3 is 10.3 Å². The number of rotatable bonds is 1. The predicted molar refractivity (Wildman–Crippen MR) is 66.4 cm³/mol. The Kier molecular flexibility index (Phi) is 2.19. The lowest BCUT2D eigenvalue weighted by atomic mass is 9.98. The van der Waals surface area contributed by atoms with Crippen molar-refractivity contribution in [1.82, 2.24) is 9.88 Å². The van der Waals surface area contributed by atoms with Gasteiger partial charge in [-0.1, -0.05) is 18.2 Å². The molecule has 88 valence electrons. The number of nitrogens with zero attached hydrogens (tertiary/aromatic N) is 1. The molecule has 1 unspecified atom stereocenters. The van der Waals surface area contributed by atoms with Crippen LogP contribution in [0.5, 0.6) is 0 Å². The molecule has 0 radical (unpaired) electrons. The Bertz CT molecular complexity index is 600. The molecule has 2 heterocycles. The van der Waals surface area contributed by atoms with Crippen molar-refractivity contribution in [3.8, 4) is 0 Å². The van der Waals surface area contributed by atoms with Crippen molar-refractivity contribution in [3.05, 3.63) is 35.5 Å². The van der Waals surface area contributed by atoms with Gasteiger partial charge in [0.1, 0.15) is 0 Å². The maximum absolute atomic E-state index is 11.3. The van der Waals surface area contributed by atoms with Crippen molar-refractivity contribution in [2.45, 2.75) is 19.0 Å². The summed E-state index contributed by atoms with van der Waals surface area (Å²) in [5.74, 6) is -0.274. The van der Waals surface area contributed by atoms with Gasteiger partial charge in [0.05, 0.1) is 6.04 Å². The van der Waals surface area contributed by atoms with Gasteiger partial charge in [0.2, 0.25) is 5.91 Å². The topological polar surface area (TPSA) is 60.0 Å². The molecule has 1 aliphatic heterocycles. The molecule has 0 aliphatic carbocycles. The van der Waals surface area contributed by atoms with E-state index < -0.39 is 0 Å². The van der Waals surface area contributed by atoms with Crippen molar-refractivity contribution in [1.29, 1.82) is 0 Å². The van der Waals surface area contributed by atoms with Crippen LogP contribution >= 0.6 is 0 Å². The standard InChI is InChI=1S/C13H15N3O/c1-16-11-5-3-2-4-8(11)9-6-10(13(14)17)15-7-12(9)16/h2-5,10,15H,6-7H2,1H3,(H2,14,17). The lowest BCUT2D eigenvalue weighted by Gasteiger charge is -2.22. The molecule has 1 aliphatic rings. The quantitative estimate of drug-likeness (QED) is 0.755. The average Bonchev–Trinajstić information content (AvgIpc) is 2.64. The number of para-hydroxylation sites is 1. The molecule has 4 nitrogen and oxygen atoms in total. The fourth-order valence-corrected chi connectivity index (χ4v) is 2.67. The second-order valence-corrected chi connectivity index (χ2v) is 4.54. The van der Waals surface area contributed by atoms with Gasteiger partial charge in [-0.2, -0.15) is 0 Å². The van der Waals surface area contributed by atoms with Gasteiger partial charge >= 0.3 is 0 Å². The Morgan fingerprint density at radius 1 is 1.47 bits per heavy atom. The van der Waals surface area contributed by atoms with Crippen molar-refractivity contribution in [3.63, 3.8) is 0 Å². The van der Waals surface area contributed by atoms with Crippen molar-refractivity contribution >= 4 is 16.8 Å². The third-order valence-electron chi connectivity index (χ3n) is 3.61. The Labute approximate surface area is 99.4 Å². The van der Waals surface area contributed by atoms with E-state index in [9.17, 15) is 4.79 Å². The van der Waals surface area contributed by atoms with E-state index in [0.717, 1.165) is 0 Å². The summed E-state index contributed by atoms with van der Waals surface area (Å²) in [6.07, 6.45) is 0.687. The second kappa shape index (κ2) is 3.60. The SMILES string of the molecule is Cn1c2c(c3ccccc31)CC(C(N)=O)NC2. The first-order valence-corrected chi connectivity index (χ1v) is 5.76. The number of hydrogen-bond donors (Lipinski definition) is 2. The van der Waals surface area contributed by atoms with E-state index in [4.69, 9.17) is 5.73 Å². The van der Waals surface area contributed by atoms with Crippen LogP contribution in [-0.4, -0.2) is 16.5 Å². The van der Waals surface area contributed by atoms with E-state index in [0.29, 0.717) is 13.0 Å².